The third-order valence-electron chi connectivity index (χ3n) is 4.52. The van der Waals surface area contributed by atoms with E-state index in [4.69, 9.17) is 24.2 Å². The van der Waals surface area contributed by atoms with Crippen LogP contribution >= 0.6 is 0 Å². The molecule has 3 rings (SSSR count). The number of aromatic nitrogens is 2. The normalized spacial score (nSPS) is 22.0. The molecule has 0 bridgehead atoms. The summed E-state index contributed by atoms with van der Waals surface area (Å²) in [5.41, 5.74) is 1.08. The minimum Gasteiger partial charge on any atom is -0.385 e. The van der Waals surface area contributed by atoms with E-state index in [9.17, 15) is 0 Å². The molecule has 0 radical (unpaired) electrons. The van der Waals surface area contributed by atoms with Crippen molar-refractivity contribution in [3.8, 4) is 0 Å². The summed E-state index contributed by atoms with van der Waals surface area (Å²) in [7, 11) is 1.73. The molecule has 0 spiro atoms. The molecule has 7 nitrogen and oxygen atoms in total. The van der Waals surface area contributed by atoms with Gasteiger partial charge in [-0.2, -0.15) is 4.98 Å². The second kappa shape index (κ2) is 8.60. The van der Waals surface area contributed by atoms with Gasteiger partial charge in [0.2, 0.25) is 5.95 Å². The average Bonchev–Trinajstić information content (AvgIpc) is 2.67. The number of nitrogens with zero attached hydrogens (tertiary/aromatic N) is 4. The molecule has 24 heavy (non-hydrogen) atoms. The van der Waals surface area contributed by atoms with E-state index in [1.807, 2.05) is 0 Å². The first-order chi connectivity index (χ1) is 11.8. The first-order valence-corrected chi connectivity index (χ1v) is 8.86. The molecule has 0 N–H and O–H groups in total. The Morgan fingerprint density at radius 2 is 1.96 bits per heavy atom. The minimum atomic E-state index is 0.200. The summed E-state index contributed by atoms with van der Waals surface area (Å²) in [5.74, 6) is 1.83. The topological polar surface area (TPSA) is 60.0 Å². The van der Waals surface area contributed by atoms with Gasteiger partial charge in [0.05, 0.1) is 25.9 Å². The number of hydrogen-bond acceptors (Lipinski definition) is 7. The van der Waals surface area contributed by atoms with Crippen molar-refractivity contribution in [2.45, 2.75) is 25.9 Å². The highest BCUT2D eigenvalue weighted by Crippen LogP contribution is 2.21. The standard InChI is InChI=1S/C17H28N4O3/c1-3-14-12-16(19-17(18-14)20-5-9-23-10-6-20)21-7-11-24-15(13-21)4-8-22-2/h12,15H,3-11,13H2,1-2H3/t15-/m1/s1. The zero-order valence-corrected chi connectivity index (χ0v) is 14.7. The van der Waals surface area contributed by atoms with Crippen LogP contribution in [-0.2, 0) is 20.6 Å². The van der Waals surface area contributed by atoms with Crippen molar-refractivity contribution >= 4 is 11.8 Å². The molecule has 2 aliphatic heterocycles. The van der Waals surface area contributed by atoms with Gasteiger partial charge in [-0.15, -0.1) is 0 Å². The fraction of sp³-hybridized carbons (Fsp3) is 0.765. The van der Waals surface area contributed by atoms with Crippen LogP contribution in [0.25, 0.3) is 0 Å². The van der Waals surface area contributed by atoms with Gasteiger partial charge in [0.1, 0.15) is 5.82 Å². The van der Waals surface area contributed by atoms with Crippen molar-refractivity contribution < 1.29 is 14.2 Å². The van der Waals surface area contributed by atoms with Gasteiger partial charge in [0, 0.05) is 51.7 Å². The number of morpholine rings is 2. The molecule has 1 atom stereocenters. The Bertz CT molecular complexity index is 523. The van der Waals surface area contributed by atoms with Crippen LogP contribution < -0.4 is 9.80 Å². The number of anilines is 2. The maximum absolute atomic E-state index is 5.84. The summed E-state index contributed by atoms with van der Waals surface area (Å²) in [4.78, 5) is 14.1. The highest BCUT2D eigenvalue weighted by atomic mass is 16.5. The molecular formula is C17H28N4O3. The SMILES string of the molecule is CCc1cc(N2CCO[C@H](CCOC)C2)nc(N2CCOCC2)n1. The van der Waals surface area contributed by atoms with Crippen molar-refractivity contribution in [2.24, 2.45) is 0 Å². The van der Waals surface area contributed by atoms with Crippen LogP contribution in [0.4, 0.5) is 11.8 Å². The lowest BCUT2D eigenvalue weighted by Gasteiger charge is -2.34. The lowest BCUT2D eigenvalue weighted by molar-refractivity contribution is 0.0189. The van der Waals surface area contributed by atoms with Gasteiger partial charge in [-0.3, -0.25) is 0 Å². The van der Waals surface area contributed by atoms with Crippen LogP contribution in [0.15, 0.2) is 6.07 Å². The molecule has 0 aromatic carbocycles. The minimum absolute atomic E-state index is 0.200. The summed E-state index contributed by atoms with van der Waals surface area (Å²) in [6.45, 7) is 8.50. The van der Waals surface area contributed by atoms with Crippen LogP contribution in [-0.4, -0.2) is 75.8 Å². The van der Waals surface area contributed by atoms with Crippen molar-refractivity contribution in [3.05, 3.63) is 11.8 Å². The van der Waals surface area contributed by atoms with E-state index in [2.05, 4.69) is 22.8 Å². The predicted octanol–water partition coefficient (Wildman–Crippen LogP) is 1.12. The Labute approximate surface area is 143 Å². The van der Waals surface area contributed by atoms with Gasteiger partial charge in [0.15, 0.2) is 0 Å². The van der Waals surface area contributed by atoms with Crippen LogP contribution in [0.5, 0.6) is 0 Å². The third kappa shape index (κ3) is 4.34. The maximum atomic E-state index is 5.84. The highest BCUT2D eigenvalue weighted by molar-refractivity contribution is 5.46. The molecule has 134 valence electrons. The second-order valence-electron chi connectivity index (χ2n) is 6.19. The zero-order chi connectivity index (χ0) is 16.8. The van der Waals surface area contributed by atoms with Crippen LogP contribution in [0.2, 0.25) is 0 Å². The van der Waals surface area contributed by atoms with Crippen LogP contribution in [0, 0.1) is 0 Å². The monoisotopic (exact) mass is 336 g/mol. The number of rotatable bonds is 6. The van der Waals surface area contributed by atoms with E-state index in [0.717, 1.165) is 82.9 Å². The molecule has 3 heterocycles. The van der Waals surface area contributed by atoms with Crippen molar-refractivity contribution in [1.29, 1.82) is 0 Å². The summed E-state index contributed by atoms with van der Waals surface area (Å²) in [6.07, 6.45) is 2.02. The number of aryl methyl sites for hydroxylation is 1. The first kappa shape index (κ1) is 17.4. The molecule has 7 heteroatoms. The Hall–Kier alpha value is -1.44. The largest absolute Gasteiger partial charge is 0.385 e. The lowest BCUT2D eigenvalue weighted by Crippen LogP contribution is -2.44. The van der Waals surface area contributed by atoms with Gasteiger partial charge in [0.25, 0.3) is 0 Å². The van der Waals surface area contributed by atoms with E-state index in [-0.39, 0.29) is 6.10 Å². The predicted molar refractivity (Wildman–Crippen MR) is 92.9 cm³/mol. The average molecular weight is 336 g/mol. The molecule has 1 aromatic heterocycles. The van der Waals surface area contributed by atoms with Gasteiger partial charge in [-0.25, -0.2) is 4.98 Å². The van der Waals surface area contributed by atoms with Crippen molar-refractivity contribution in [3.63, 3.8) is 0 Å². The van der Waals surface area contributed by atoms with Crippen molar-refractivity contribution in [1.82, 2.24) is 9.97 Å². The summed E-state index contributed by atoms with van der Waals surface area (Å²) < 4.78 is 16.5. The van der Waals surface area contributed by atoms with Crippen LogP contribution in [0.1, 0.15) is 19.0 Å². The quantitative estimate of drug-likeness (QED) is 0.771. The van der Waals surface area contributed by atoms with Gasteiger partial charge >= 0.3 is 0 Å². The molecule has 0 amide bonds. The Morgan fingerprint density at radius 1 is 1.17 bits per heavy atom. The lowest BCUT2D eigenvalue weighted by atomic mass is 10.2. The molecule has 2 fully saturated rings. The summed E-state index contributed by atoms with van der Waals surface area (Å²) >= 11 is 0. The van der Waals surface area contributed by atoms with Gasteiger partial charge in [-0.1, -0.05) is 6.92 Å². The number of ether oxygens (including phenoxy) is 3. The summed E-state index contributed by atoms with van der Waals surface area (Å²) in [6, 6.07) is 2.11. The first-order valence-electron chi connectivity index (χ1n) is 8.86. The molecule has 0 unspecified atom stereocenters. The molecule has 0 aliphatic carbocycles. The van der Waals surface area contributed by atoms with E-state index < -0.39 is 0 Å². The van der Waals surface area contributed by atoms with Gasteiger partial charge in [-0.05, 0) is 12.8 Å². The fourth-order valence-corrected chi connectivity index (χ4v) is 3.07. The van der Waals surface area contributed by atoms with E-state index in [0.29, 0.717) is 0 Å². The zero-order valence-electron chi connectivity index (χ0n) is 14.7. The van der Waals surface area contributed by atoms with E-state index >= 15 is 0 Å². The second-order valence-corrected chi connectivity index (χ2v) is 6.19. The fourth-order valence-electron chi connectivity index (χ4n) is 3.07. The Morgan fingerprint density at radius 3 is 2.71 bits per heavy atom. The van der Waals surface area contributed by atoms with Gasteiger partial charge < -0.3 is 24.0 Å². The maximum Gasteiger partial charge on any atom is 0.227 e. The molecule has 0 saturated carbocycles. The summed E-state index contributed by atoms with van der Waals surface area (Å²) in [5, 5.41) is 0. The Balaban J connectivity index is 1.76. The molecule has 2 aliphatic rings. The van der Waals surface area contributed by atoms with E-state index in [1.165, 1.54) is 0 Å². The molecular weight excluding hydrogens is 308 g/mol. The smallest absolute Gasteiger partial charge is 0.227 e. The number of hydrogen-bond donors (Lipinski definition) is 0. The molecule has 2 saturated heterocycles. The Kier molecular flexibility index (Phi) is 6.23. The third-order valence-corrected chi connectivity index (χ3v) is 4.52. The van der Waals surface area contributed by atoms with Crippen LogP contribution in [0.3, 0.4) is 0 Å². The highest BCUT2D eigenvalue weighted by Gasteiger charge is 2.23. The van der Waals surface area contributed by atoms with Crippen molar-refractivity contribution in [2.75, 3.05) is 69.5 Å². The van der Waals surface area contributed by atoms with E-state index in [1.54, 1.807) is 7.11 Å². The number of methoxy groups -OCH3 is 1. The molecule has 1 aromatic rings.